The van der Waals surface area contributed by atoms with Gasteiger partial charge in [-0.1, -0.05) is 66.7 Å². The van der Waals surface area contributed by atoms with Gasteiger partial charge in [-0.2, -0.15) is 0 Å². The summed E-state index contributed by atoms with van der Waals surface area (Å²) < 4.78 is 0. The van der Waals surface area contributed by atoms with E-state index in [0.717, 1.165) is 5.75 Å². The van der Waals surface area contributed by atoms with Gasteiger partial charge in [-0.25, -0.2) is 0 Å². The molecule has 0 N–H and O–H groups in total. The lowest BCUT2D eigenvalue weighted by Gasteiger charge is -2.06. The molecule has 0 nitrogen and oxygen atoms in total. The van der Waals surface area contributed by atoms with E-state index >= 15 is 0 Å². The molecule has 0 spiro atoms. The SMILES string of the molecule is C/C=C(/SCc1ccccc1)c1ccccc1. The maximum atomic E-state index is 2.18. The van der Waals surface area contributed by atoms with Gasteiger partial charge in [-0.3, -0.25) is 0 Å². The first-order valence-electron chi connectivity index (χ1n) is 5.78. The van der Waals surface area contributed by atoms with Crippen molar-refractivity contribution in [2.24, 2.45) is 0 Å². The number of thioether (sulfide) groups is 1. The van der Waals surface area contributed by atoms with Crippen molar-refractivity contribution >= 4 is 16.7 Å². The highest BCUT2D eigenvalue weighted by atomic mass is 32.2. The minimum absolute atomic E-state index is 1.02. The van der Waals surface area contributed by atoms with Crippen molar-refractivity contribution in [2.75, 3.05) is 0 Å². The van der Waals surface area contributed by atoms with Crippen LogP contribution in [0.1, 0.15) is 18.1 Å². The van der Waals surface area contributed by atoms with Gasteiger partial charge in [0.15, 0.2) is 0 Å². The zero-order valence-electron chi connectivity index (χ0n) is 9.97. The van der Waals surface area contributed by atoms with Crippen LogP contribution >= 0.6 is 11.8 Å². The number of hydrogen-bond acceptors (Lipinski definition) is 1. The monoisotopic (exact) mass is 240 g/mol. The molecule has 0 bridgehead atoms. The Bertz CT molecular complexity index is 471. The van der Waals surface area contributed by atoms with Crippen molar-refractivity contribution in [1.29, 1.82) is 0 Å². The highest BCUT2D eigenvalue weighted by Gasteiger charge is 2.01. The smallest absolute Gasteiger partial charge is 0.0232 e. The maximum Gasteiger partial charge on any atom is 0.0232 e. The molecule has 0 fully saturated rings. The van der Waals surface area contributed by atoms with Gasteiger partial charge in [-0.05, 0) is 18.1 Å². The van der Waals surface area contributed by atoms with Crippen molar-refractivity contribution in [1.82, 2.24) is 0 Å². The number of hydrogen-bond donors (Lipinski definition) is 0. The Morgan fingerprint density at radius 1 is 0.941 bits per heavy atom. The molecule has 86 valence electrons. The summed E-state index contributed by atoms with van der Waals surface area (Å²) in [6, 6.07) is 21.1. The Balaban J connectivity index is 2.03. The van der Waals surface area contributed by atoms with Gasteiger partial charge in [0.2, 0.25) is 0 Å². The third-order valence-electron chi connectivity index (χ3n) is 2.56. The number of benzene rings is 2. The van der Waals surface area contributed by atoms with Crippen molar-refractivity contribution in [3.8, 4) is 0 Å². The van der Waals surface area contributed by atoms with Gasteiger partial charge < -0.3 is 0 Å². The van der Waals surface area contributed by atoms with Crippen LogP contribution in [-0.2, 0) is 5.75 Å². The zero-order valence-corrected chi connectivity index (χ0v) is 10.8. The van der Waals surface area contributed by atoms with E-state index in [1.807, 2.05) is 11.8 Å². The summed E-state index contributed by atoms with van der Waals surface area (Å²) >= 11 is 1.89. The van der Waals surface area contributed by atoms with Gasteiger partial charge in [0.25, 0.3) is 0 Å². The first kappa shape index (κ1) is 12.0. The van der Waals surface area contributed by atoms with Crippen LogP contribution in [0.2, 0.25) is 0 Å². The summed E-state index contributed by atoms with van der Waals surface area (Å²) in [7, 11) is 0. The maximum absolute atomic E-state index is 2.18. The molecule has 2 aromatic carbocycles. The lowest BCUT2D eigenvalue weighted by molar-refractivity contribution is 1.42. The van der Waals surface area contributed by atoms with Crippen molar-refractivity contribution in [3.05, 3.63) is 77.9 Å². The van der Waals surface area contributed by atoms with Crippen LogP contribution in [0, 0.1) is 0 Å². The molecule has 0 unspecified atom stereocenters. The Morgan fingerprint density at radius 3 is 2.12 bits per heavy atom. The lowest BCUT2D eigenvalue weighted by Crippen LogP contribution is -1.82. The van der Waals surface area contributed by atoms with Gasteiger partial charge in [0, 0.05) is 10.7 Å². The normalized spacial score (nSPS) is 11.5. The predicted molar refractivity (Wildman–Crippen MR) is 77.8 cm³/mol. The topological polar surface area (TPSA) is 0 Å². The van der Waals surface area contributed by atoms with E-state index in [2.05, 4.69) is 73.7 Å². The number of rotatable bonds is 4. The molecule has 0 aliphatic rings. The first-order valence-corrected chi connectivity index (χ1v) is 6.77. The highest BCUT2D eigenvalue weighted by molar-refractivity contribution is 8.07. The molecule has 0 heterocycles. The van der Waals surface area contributed by atoms with Crippen LogP contribution in [0.4, 0.5) is 0 Å². The summed E-state index contributed by atoms with van der Waals surface area (Å²) in [5.74, 6) is 1.02. The Labute approximate surface area is 107 Å². The van der Waals surface area contributed by atoms with Crippen LogP contribution < -0.4 is 0 Å². The predicted octanol–water partition coefficient (Wildman–Crippen LogP) is 4.98. The van der Waals surface area contributed by atoms with Gasteiger partial charge >= 0.3 is 0 Å². The van der Waals surface area contributed by atoms with E-state index in [9.17, 15) is 0 Å². The Hall–Kier alpha value is -1.47. The molecule has 1 heteroatoms. The highest BCUT2D eigenvalue weighted by Crippen LogP contribution is 2.29. The quantitative estimate of drug-likeness (QED) is 0.726. The summed E-state index contributed by atoms with van der Waals surface area (Å²) in [5.41, 5.74) is 2.67. The minimum Gasteiger partial charge on any atom is -0.121 e. The lowest BCUT2D eigenvalue weighted by atomic mass is 10.2. The molecule has 0 radical (unpaired) electrons. The van der Waals surface area contributed by atoms with E-state index in [1.165, 1.54) is 16.0 Å². The second kappa shape index (κ2) is 6.31. The Kier molecular flexibility index (Phi) is 4.45. The first-order chi connectivity index (χ1) is 8.40. The van der Waals surface area contributed by atoms with Gasteiger partial charge in [0.05, 0.1) is 0 Å². The molecule has 0 aliphatic carbocycles. The second-order valence-corrected chi connectivity index (χ2v) is 4.81. The molecule has 2 aromatic rings. The van der Waals surface area contributed by atoms with Crippen LogP contribution in [0.25, 0.3) is 4.91 Å². The minimum atomic E-state index is 1.02. The van der Waals surface area contributed by atoms with Crippen LogP contribution in [0.3, 0.4) is 0 Å². The molecule has 0 saturated heterocycles. The van der Waals surface area contributed by atoms with E-state index in [4.69, 9.17) is 0 Å². The van der Waals surface area contributed by atoms with Crippen LogP contribution in [0.15, 0.2) is 66.7 Å². The fourth-order valence-corrected chi connectivity index (χ4v) is 2.66. The fourth-order valence-electron chi connectivity index (χ4n) is 1.67. The average Bonchev–Trinajstić information content (AvgIpc) is 2.42. The summed E-state index contributed by atoms with van der Waals surface area (Å²) in [4.78, 5) is 1.34. The Morgan fingerprint density at radius 2 is 1.53 bits per heavy atom. The van der Waals surface area contributed by atoms with E-state index < -0.39 is 0 Å². The molecule has 0 aliphatic heterocycles. The average molecular weight is 240 g/mol. The van der Waals surface area contributed by atoms with Gasteiger partial charge in [-0.15, -0.1) is 11.8 Å². The summed E-state index contributed by atoms with van der Waals surface area (Å²) in [6.45, 7) is 2.10. The van der Waals surface area contributed by atoms with Crippen molar-refractivity contribution in [2.45, 2.75) is 12.7 Å². The number of allylic oxidation sites excluding steroid dienone is 1. The van der Waals surface area contributed by atoms with Crippen molar-refractivity contribution < 1.29 is 0 Å². The third-order valence-corrected chi connectivity index (χ3v) is 3.82. The van der Waals surface area contributed by atoms with Crippen LogP contribution in [-0.4, -0.2) is 0 Å². The van der Waals surface area contributed by atoms with Crippen LogP contribution in [0.5, 0.6) is 0 Å². The standard InChI is InChI=1S/C16H16S/c1-2-16(15-11-7-4-8-12-15)17-13-14-9-5-3-6-10-14/h2-12H,13H2,1H3/b16-2+. The summed E-state index contributed by atoms with van der Waals surface area (Å²) in [6.07, 6.45) is 2.18. The zero-order chi connectivity index (χ0) is 11.9. The molecule has 2 rings (SSSR count). The molecular formula is C16H16S. The molecular weight excluding hydrogens is 224 g/mol. The summed E-state index contributed by atoms with van der Waals surface area (Å²) in [5, 5.41) is 0. The molecule has 0 atom stereocenters. The second-order valence-electron chi connectivity index (χ2n) is 3.79. The molecule has 17 heavy (non-hydrogen) atoms. The third kappa shape index (κ3) is 3.50. The van der Waals surface area contributed by atoms with Crippen molar-refractivity contribution in [3.63, 3.8) is 0 Å². The van der Waals surface area contributed by atoms with Gasteiger partial charge in [0.1, 0.15) is 0 Å². The van der Waals surface area contributed by atoms with E-state index in [1.54, 1.807) is 0 Å². The largest absolute Gasteiger partial charge is 0.121 e. The molecule has 0 aromatic heterocycles. The van der Waals surface area contributed by atoms with E-state index in [-0.39, 0.29) is 0 Å². The molecule has 0 amide bonds. The molecule has 0 saturated carbocycles. The fraction of sp³-hybridized carbons (Fsp3) is 0.125. The van der Waals surface area contributed by atoms with E-state index in [0.29, 0.717) is 0 Å².